The zero-order valence-electron chi connectivity index (χ0n) is 15.0. The highest BCUT2D eigenvalue weighted by Crippen LogP contribution is 2.52. The second-order valence-corrected chi connectivity index (χ2v) is 6.93. The van der Waals surface area contributed by atoms with Gasteiger partial charge in [0, 0.05) is 29.7 Å². The third kappa shape index (κ3) is 2.60. The predicted molar refractivity (Wildman–Crippen MR) is 96.1 cm³/mol. The van der Waals surface area contributed by atoms with E-state index in [1.165, 1.54) is 26.2 Å². The van der Waals surface area contributed by atoms with Crippen LogP contribution in [0, 0.1) is 15.9 Å². The lowest BCUT2D eigenvalue weighted by Crippen LogP contribution is -2.26. The van der Waals surface area contributed by atoms with E-state index in [0.29, 0.717) is 23.5 Å². The molecule has 0 unspecified atom stereocenters. The van der Waals surface area contributed by atoms with Crippen LogP contribution in [0.5, 0.6) is 5.75 Å². The average molecular weight is 358 g/mol. The first-order valence-corrected chi connectivity index (χ1v) is 8.12. The number of hydrogen-bond acceptors (Lipinski definition) is 5. The lowest BCUT2D eigenvalue weighted by molar-refractivity contribution is -0.384. The Hall–Kier alpha value is -2.96. The Bertz CT molecular complexity index is 924. The van der Waals surface area contributed by atoms with E-state index in [-0.39, 0.29) is 22.8 Å². The van der Waals surface area contributed by atoms with E-state index in [1.54, 1.807) is 23.1 Å². The van der Waals surface area contributed by atoms with Gasteiger partial charge in [-0.1, -0.05) is 26.0 Å². The van der Waals surface area contributed by atoms with Gasteiger partial charge in [-0.25, -0.2) is 4.39 Å². The number of fused-ring (bicyclic) bond motifs is 1. The molecule has 1 heterocycles. The van der Waals surface area contributed by atoms with E-state index < -0.39 is 16.2 Å². The number of ether oxygens (including phenoxy) is 1. The Morgan fingerprint density at radius 1 is 1.35 bits per heavy atom. The van der Waals surface area contributed by atoms with E-state index in [1.807, 2.05) is 13.8 Å². The summed E-state index contributed by atoms with van der Waals surface area (Å²) in [5.74, 6) is -0.796. The van der Waals surface area contributed by atoms with Crippen molar-refractivity contribution in [2.45, 2.75) is 26.2 Å². The minimum Gasteiger partial charge on any atom is -0.494 e. The van der Waals surface area contributed by atoms with Crippen LogP contribution in [-0.4, -0.2) is 24.4 Å². The number of benzene rings is 2. The highest BCUT2D eigenvalue weighted by molar-refractivity contribution is 6.00. The molecule has 0 aromatic heterocycles. The summed E-state index contributed by atoms with van der Waals surface area (Å²) in [4.78, 5) is 24.9. The summed E-state index contributed by atoms with van der Waals surface area (Å²) in [5.41, 5.74) is 0.732. The number of nitro benzene ring substituents is 1. The summed E-state index contributed by atoms with van der Waals surface area (Å²) in [6.07, 6.45) is 0. The van der Waals surface area contributed by atoms with Gasteiger partial charge in [0.1, 0.15) is 17.3 Å². The Kier molecular flexibility index (Phi) is 4.18. The number of nitrogens with zero attached hydrogens (tertiary/aromatic N) is 2. The molecule has 2 aromatic rings. The van der Waals surface area contributed by atoms with Gasteiger partial charge in [0.2, 0.25) is 0 Å². The van der Waals surface area contributed by atoms with Crippen LogP contribution < -0.4 is 9.64 Å². The van der Waals surface area contributed by atoms with Crippen molar-refractivity contribution < 1.29 is 18.8 Å². The number of hydrogen-bond donors (Lipinski definition) is 0. The number of para-hydroxylation sites is 2. The number of carbonyl (C=O) groups is 1. The Morgan fingerprint density at radius 3 is 2.58 bits per heavy atom. The van der Waals surface area contributed by atoms with E-state index in [4.69, 9.17) is 4.74 Å². The number of Topliss-reactive ketones (excluding diaryl/α,β-unsaturated/α-hetero) is 1. The molecule has 0 spiro atoms. The Labute approximate surface area is 150 Å². The average Bonchev–Trinajstić information content (AvgIpc) is 2.85. The number of anilines is 2. The lowest BCUT2D eigenvalue weighted by atomic mass is 9.82. The van der Waals surface area contributed by atoms with Crippen LogP contribution in [0.15, 0.2) is 30.3 Å². The topological polar surface area (TPSA) is 72.7 Å². The third-order valence-electron chi connectivity index (χ3n) is 4.66. The number of ketones is 1. The maximum atomic E-state index is 14.6. The highest BCUT2D eigenvalue weighted by atomic mass is 19.1. The second kappa shape index (κ2) is 6.09. The summed E-state index contributed by atoms with van der Waals surface area (Å²) in [6.45, 7) is 5.43. The van der Waals surface area contributed by atoms with Gasteiger partial charge in [-0.15, -0.1) is 0 Å². The maximum Gasteiger partial charge on any atom is 0.292 e. The van der Waals surface area contributed by atoms with Crippen LogP contribution in [0.1, 0.15) is 36.7 Å². The zero-order chi connectivity index (χ0) is 19.2. The van der Waals surface area contributed by atoms with Crippen molar-refractivity contribution in [3.8, 4) is 5.75 Å². The molecule has 0 saturated heterocycles. The second-order valence-electron chi connectivity index (χ2n) is 6.93. The molecule has 0 bridgehead atoms. The molecule has 0 radical (unpaired) electrons. The molecule has 1 aliphatic heterocycles. The van der Waals surface area contributed by atoms with Gasteiger partial charge >= 0.3 is 0 Å². The molecular formula is C19H19FN2O4. The molecule has 0 atom stereocenters. The minimum absolute atomic E-state index is 0.00637. The molecule has 2 aromatic carbocycles. The zero-order valence-corrected chi connectivity index (χ0v) is 15.0. The van der Waals surface area contributed by atoms with Gasteiger partial charge in [-0.2, -0.15) is 0 Å². The van der Waals surface area contributed by atoms with Crippen molar-refractivity contribution in [3.05, 3.63) is 57.4 Å². The summed E-state index contributed by atoms with van der Waals surface area (Å²) < 4.78 is 20.0. The van der Waals surface area contributed by atoms with Crippen LogP contribution in [0.3, 0.4) is 0 Å². The Morgan fingerprint density at radius 2 is 2.00 bits per heavy atom. The lowest BCUT2D eigenvalue weighted by Gasteiger charge is -2.22. The monoisotopic (exact) mass is 358 g/mol. The van der Waals surface area contributed by atoms with Crippen molar-refractivity contribution >= 4 is 22.8 Å². The summed E-state index contributed by atoms with van der Waals surface area (Å²) >= 11 is 0. The molecule has 6 nitrogen and oxygen atoms in total. The first kappa shape index (κ1) is 17.8. The summed E-state index contributed by atoms with van der Waals surface area (Å²) in [7, 11) is 1.41. The predicted octanol–water partition coefficient (Wildman–Crippen LogP) is 4.37. The molecule has 0 aliphatic carbocycles. The van der Waals surface area contributed by atoms with Gasteiger partial charge in [0.25, 0.3) is 5.69 Å². The van der Waals surface area contributed by atoms with Crippen molar-refractivity contribution in [1.29, 1.82) is 0 Å². The fourth-order valence-electron chi connectivity index (χ4n) is 3.65. The number of methoxy groups -OCH3 is 1. The minimum atomic E-state index is -0.648. The molecule has 136 valence electrons. The van der Waals surface area contributed by atoms with Crippen molar-refractivity contribution in [2.24, 2.45) is 0 Å². The molecule has 1 aliphatic rings. The first-order valence-electron chi connectivity index (χ1n) is 8.12. The van der Waals surface area contributed by atoms with Gasteiger partial charge < -0.3 is 9.64 Å². The smallest absolute Gasteiger partial charge is 0.292 e. The van der Waals surface area contributed by atoms with Gasteiger partial charge in [-0.3, -0.25) is 14.9 Å². The van der Waals surface area contributed by atoms with E-state index in [2.05, 4.69) is 0 Å². The molecule has 0 N–H and O–H groups in total. The van der Waals surface area contributed by atoms with Crippen LogP contribution in [0.4, 0.5) is 21.5 Å². The number of carbonyl (C=O) groups excluding carboxylic acids is 1. The molecular weight excluding hydrogens is 339 g/mol. The van der Waals surface area contributed by atoms with Gasteiger partial charge in [0.15, 0.2) is 5.78 Å². The summed E-state index contributed by atoms with van der Waals surface area (Å²) in [5, 5.41) is 11.5. The maximum absolute atomic E-state index is 14.6. The SMILES string of the molecule is COc1cc(F)c(C(C)=O)c2c1N(c1ccccc1[N+](=O)[O-])CC2(C)C. The fraction of sp³-hybridized carbons (Fsp3) is 0.316. The number of halogens is 1. The molecule has 3 rings (SSSR count). The van der Waals surface area contributed by atoms with Crippen LogP contribution in [0.25, 0.3) is 0 Å². The molecule has 0 amide bonds. The molecule has 0 saturated carbocycles. The Balaban J connectivity index is 2.37. The van der Waals surface area contributed by atoms with Crippen LogP contribution >= 0.6 is 0 Å². The largest absolute Gasteiger partial charge is 0.494 e. The third-order valence-corrected chi connectivity index (χ3v) is 4.66. The first-order chi connectivity index (χ1) is 12.2. The summed E-state index contributed by atoms with van der Waals surface area (Å²) in [6, 6.07) is 7.52. The fourth-order valence-corrected chi connectivity index (χ4v) is 3.65. The molecule has 0 fully saturated rings. The van der Waals surface area contributed by atoms with E-state index in [9.17, 15) is 19.3 Å². The van der Waals surface area contributed by atoms with Gasteiger partial charge in [0.05, 0.1) is 23.3 Å². The molecule has 7 heteroatoms. The van der Waals surface area contributed by atoms with Crippen molar-refractivity contribution in [1.82, 2.24) is 0 Å². The number of nitro groups is 1. The number of rotatable bonds is 4. The van der Waals surface area contributed by atoms with E-state index in [0.717, 1.165) is 0 Å². The normalized spacial score (nSPS) is 14.9. The van der Waals surface area contributed by atoms with Crippen LogP contribution in [-0.2, 0) is 5.41 Å². The van der Waals surface area contributed by atoms with E-state index >= 15 is 0 Å². The highest BCUT2D eigenvalue weighted by Gasteiger charge is 2.43. The van der Waals surface area contributed by atoms with Crippen molar-refractivity contribution in [2.75, 3.05) is 18.6 Å². The quantitative estimate of drug-likeness (QED) is 0.461. The standard InChI is InChI=1S/C19H19FN2O4/c1-11(23)16-12(20)9-15(26-4)18-17(16)19(2,3)10-21(18)13-7-5-6-8-14(13)22(24)25/h5-9H,10H2,1-4H3. The van der Waals surface area contributed by atoms with Gasteiger partial charge in [-0.05, 0) is 13.0 Å². The van der Waals surface area contributed by atoms with Crippen molar-refractivity contribution in [3.63, 3.8) is 0 Å². The van der Waals surface area contributed by atoms with Crippen LogP contribution in [0.2, 0.25) is 0 Å². The molecule has 26 heavy (non-hydrogen) atoms.